The summed E-state index contributed by atoms with van der Waals surface area (Å²) in [6.07, 6.45) is 3.13. The van der Waals surface area contributed by atoms with Gasteiger partial charge in [0.2, 0.25) is 0 Å². The minimum absolute atomic E-state index is 0.107. The fourth-order valence-corrected chi connectivity index (χ4v) is 4.40. The highest BCUT2D eigenvalue weighted by molar-refractivity contribution is 6.06. The first kappa shape index (κ1) is 24.0. The average molecular weight is 467 g/mol. The van der Waals surface area contributed by atoms with E-state index in [2.05, 4.69) is 20.4 Å². The zero-order valence-electron chi connectivity index (χ0n) is 19.8. The molecule has 0 atom stereocenters. The number of carbonyl (C=O) groups excluding carboxylic acids is 2. The van der Waals surface area contributed by atoms with E-state index in [-0.39, 0.29) is 11.8 Å². The maximum absolute atomic E-state index is 13.2. The molecular formula is C26H34N4O4. The molecular weight excluding hydrogens is 432 g/mol. The summed E-state index contributed by atoms with van der Waals surface area (Å²) in [5, 5.41) is 6.00. The Balaban J connectivity index is 1.42. The van der Waals surface area contributed by atoms with E-state index in [4.69, 9.17) is 9.47 Å². The molecule has 0 saturated carbocycles. The molecule has 0 aromatic heterocycles. The molecule has 2 saturated heterocycles. The lowest BCUT2D eigenvalue weighted by molar-refractivity contribution is 0.0374. The van der Waals surface area contributed by atoms with E-state index >= 15 is 0 Å². The van der Waals surface area contributed by atoms with Crippen LogP contribution in [0.3, 0.4) is 0 Å². The first-order valence-electron chi connectivity index (χ1n) is 12.1. The van der Waals surface area contributed by atoms with Crippen molar-refractivity contribution in [2.45, 2.75) is 19.3 Å². The lowest BCUT2D eigenvalue weighted by Crippen LogP contribution is -2.38. The highest BCUT2D eigenvalue weighted by Gasteiger charge is 2.21. The Kier molecular flexibility index (Phi) is 8.38. The second kappa shape index (κ2) is 11.9. The summed E-state index contributed by atoms with van der Waals surface area (Å²) in [7, 11) is 1.59. The Hall–Kier alpha value is -3.10. The fraction of sp³-hybridized carbons (Fsp3) is 0.462. The minimum Gasteiger partial charge on any atom is -0.497 e. The molecule has 0 radical (unpaired) electrons. The molecule has 0 spiro atoms. The standard InChI is InChI=1S/C26H34N4O4/c1-33-22-8-5-20(6-9-22)25(31)28-21-7-10-24(30-13-2-3-14-30)23(19-21)26(32)27-11-4-12-29-15-17-34-18-16-29/h5-10,19H,2-4,11-18H2,1H3,(H,27,32)(H,28,31). The van der Waals surface area contributed by atoms with Gasteiger partial charge in [-0.3, -0.25) is 14.5 Å². The van der Waals surface area contributed by atoms with Crippen LogP contribution in [-0.4, -0.2) is 76.3 Å². The second-order valence-electron chi connectivity index (χ2n) is 8.67. The normalized spacial score (nSPS) is 16.3. The summed E-state index contributed by atoms with van der Waals surface area (Å²) in [6, 6.07) is 12.5. The van der Waals surface area contributed by atoms with Gasteiger partial charge >= 0.3 is 0 Å². The zero-order valence-corrected chi connectivity index (χ0v) is 19.8. The molecule has 2 amide bonds. The number of rotatable bonds is 9. The number of nitrogens with zero attached hydrogens (tertiary/aromatic N) is 2. The third kappa shape index (κ3) is 6.27. The maximum Gasteiger partial charge on any atom is 0.255 e. The summed E-state index contributed by atoms with van der Waals surface area (Å²) in [5.41, 5.74) is 2.65. The van der Waals surface area contributed by atoms with Gasteiger partial charge in [0, 0.05) is 49.7 Å². The van der Waals surface area contributed by atoms with Crippen LogP contribution < -0.4 is 20.3 Å². The highest BCUT2D eigenvalue weighted by Crippen LogP contribution is 2.28. The smallest absolute Gasteiger partial charge is 0.255 e. The molecule has 2 aliphatic heterocycles. The molecule has 4 rings (SSSR count). The van der Waals surface area contributed by atoms with Gasteiger partial charge in [0.1, 0.15) is 5.75 Å². The van der Waals surface area contributed by atoms with Gasteiger partial charge in [0.15, 0.2) is 0 Å². The monoisotopic (exact) mass is 466 g/mol. The van der Waals surface area contributed by atoms with Crippen molar-refractivity contribution in [2.75, 3.05) is 69.8 Å². The van der Waals surface area contributed by atoms with E-state index in [0.29, 0.717) is 29.1 Å². The number of nitrogens with one attached hydrogen (secondary N) is 2. The number of hydrogen-bond acceptors (Lipinski definition) is 6. The van der Waals surface area contributed by atoms with Crippen molar-refractivity contribution in [3.63, 3.8) is 0 Å². The Labute approximate surface area is 201 Å². The molecule has 0 unspecified atom stereocenters. The molecule has 2 fully saturated rings. The van der Waals surface area contributed by atoms with Gasteiger partial charge in [-0.1, -0.05) is 0 Å². The predicted molar refractivity (Wildman–Crippen MR) is 133 cm³/mol. The maximum atomic E-state index is 13.2. The average Bonchev–Trinajstić information content (AvgIpc) is 3.42. The van der Waals surface area contributed by atoms with Crippen LogP contribution in [-0.2, 0) is 4.74 Å². The van der Waals surface area contributed by atoms with E-state index in [1.165, 1.54) is 0 Å². The molecule has 182 valence electrons. The van der Waals surface area contributed by atoms with E-state index in [0.717, 1.165) is 70.9 Å². The van der Waals surface area contributed by atoms with Gasteiger partial charge in [-0.25, -0.2) is 0 Å². The van der Waals surface area contributed by atoms with Crippen LogP contribution in [0, 0.1) is 0 Å². The molecule has 2 aliphatic rings. The van der Waals surface area contributed by atoms with Crippen molar-refractivity contribution >= 4 is 23.2 Å². The van der Waals surface area contributed by atoms with Crippen molar-refractivity contribution in [2.24, 2.45) is 0 Å². The number of amides is 2. The van der Waals surface area contributed by atoms with Crippen LogP contribution in [0.4, 0.5) is 11.4 Å². The largest absolute Gasteiger partial charge is 0.497 e. The molecule has 34 heavy (non-hydrogen) atoms. The van der Waals surface area contributed by atoms with Crippen molar-refractivity contribution in [1.29, 1.82) is 0 Å². The third-order valence-electron chi connectivity index (χ3n) is 6.34. The number of methoxy groups -OCH3 is 1. The van der Waals surface area contributed by atoms with E-state index < -0.39 is 0 Å². The predicted octanol–water partition coefficient (Wildman–Crippen LogP) is 3.00. The topological polar surface area (TPSA) is 83.1 Å². The van der Waals surface area contributed by atoms with Crippen LogP contribution in [0.5, 0.6) is 5.75 Å². The quantitative estimate of drug-likeness (QED) is 0.553. The van der Waals surface area contributed by atoms with Crippen molar-refractivity contribution < 1.29 is 19.1 Å². The Morgan fingerprint density at radius 2 is 1.71 bits per heavy atom. The summed E-state index contributed by atoms with van der Waals surface area (Å²) in [5.74, 6) is 0.358. The summed E-state index contributed by atoms with van der Waals surface area (Å²) in [6.45, 7) is 6.88. The Morgan fingerprint density at radius 1 is 0.971 bits per heavy atom. The lowest BCUT2D eigenvalue weighted by Gasteiger charge is -2.26. The van der Waals surface area contributed by atoms with Gasteiger partial charge < -0.3 is 25.0 Å². The van der Waals surface area contributed by atoms with Gasteiger partial charge in [0.05, 0.1) is 25.9 Å². The molecule has 2 aromatic carbocycles. The Morgan fingerprint density at radius 3 is 2.41 bits per heavy atom. The van der Waals surface area contributed by atoms with Crippen LogP contribution in [0.1, 0.15) is 40.0 Å². The summed E-state index contributed by atoms with van der Waals surface area (Å²) in [4.78, 5) is 30.5. The second-order valence-corrected chi connectivity index (χ2v) is 8.67. The van der Waals surface area contributed by atoms with Crippen molar-refractivity contribution in [3.8, 4) is 5.75 Å². The highest BCUT2D eigenvalue weighted by atomic mass is 16.5. The van der Waals surface area contributed by atoms with Crippen molar-refractivity contribution in [1.82, 2.24) is 10.2 Å². The third-order valence-corrected chi connectivity index (χ3v) is 6.34. The van der Waals surface area contributed by atoms with Gasteiger partial charge in [-0.2, -0.15) is 0 Å². The molecule has 0 aliphatic carbocycles. The number of anilines is 2. The number of ether oxygens (including phenoxy) is 2. The van der Waals surface area contributed by atoms with Gasteiger partial charge in [0.25, 0.3) is 11.8 Å². The number of benzene rings is 2. The van der Waals surface area contributed by atoms with Crippen molar-refractivity contribution in [3.05, 3.63) is 53.6 Å². The van der Waals surface area contributed by atoms with Gasteiger partial charge in [-0.15, -0.1) is 0 Å². The summed E-state index contributed by atoms with van der Waals surface area (Å²) < 4.78 is 10.5. The number of hydrogen-bond donors (Lipinski definition) is 2. The molecule has 2 N–H and O–H groups in total. The van der Waals surface area contributed by atoms with Crippen LogP contribution in [0.15, 0.2) is 42.5 Å². The van der Waals surface area contributed by atoms with Crippen LogP contribution in [0.2, 0.25) is 0 Å². The zero-order chi connectivity index (χ0) is 23.8. The Bertz CT molecular complexity index is 967. The van der Waals surface area contributed by atoms with E-state index in [9.17, 15) is 9.59 Å². The first-order valence-corrected chi connectivity index (χ1v) is 12.1. The summed E-state index contributed by atoms with van der Waals surface area (Å²) >= 11 is 0. The van der Waals surface area contributed by atoms with E-state index in [1.54, 1.807) is 37.4 Å². The van der Waals surface area contributed by atoms with E-state index in [1.807, 2.05) is 12.1 Å². The van der Waals surface area contributed by atoms with Crippen LogP contribution in [0.25, 0.3) is 0 Å². The minimum atomic E-state index is -0.228. The number of carbonyl (C=O) groups is 2. The fourth-order valence-electron chi connectivity index (χ4n) is 4.40. The van der Waals surface area contributed by atoms with Crippen LogP contribution >= 0.6 is 0 Å². The molecule has 8 nitrogen and oxygen atoms in total. The SMILES string of the molecule is COc1ccc(C(=O)Nc2ccc(N3CCCC3)c(C(=O)NCCCN3CCOCC3)c2)cc1. The first-order chi connectivity index (χ1) is 16.6. The number of morpholine rings is 1. The molecule has 0 bridgehead atoms. The molecule has 2 aromatic rings. The lowest BCUT2D eigenvalue weighted by atomic mass is 10.1. The van der Waals surface area contributed by atoms with Gasteiger partial charge in [-0.05, 0) is 68.3 Å². The molecule has 8 heteroatoms. The molecule has 2 heterocycles.